The molecule has 1 aromatic carbocycles. The Balaban J connectivity index is 1.85. The molecular formula is C18H28N2O3S. The minimum Gasteiger partial charge on any atom is -0.351 e. The second-order valence-electron chi connectivity index (χ2n) is 7.23. The van der Waals surface area contributed by atoms with E-state index < -0.39 is 9.84 Å². The highest BCUT2D eigenvalue weighted by molar-refractivity contribution is 7.89. The summed E-state index contributed by atoms with van der Waals surface area (Å²) in [5.74, 6) is 1.22. The van der Waals surface area contributed by atoms with Crippen LogP contribution in [0.4, 0.5) is 0 Å². The van der Waals surface area contributed by atoms with Crippen LogP contribution >= 0.6 is 0 Å². The summed E-state index contributed by atoms with van der Waals surface area (Å²) in [6, 6.07) is 6.82. The predicted octanol–water partition coefficient (Wildman–Crippen LogP) is 1.94. The maximum absolute atomic E-state index is 12.3. The van der Waals surface area contributed by atoms with Crippen molar-refractivity contribution in [3.63, 3.8) is 0 Å². The van der Waals surface area contributed by atoms with Gasteiger partial charge in [0.25, 0.3) is 5.91 Å². The first-order valence-corrected chi connectivity index (χ1v) is 10.6. The van der Waals surface area contributed by atoms with Gasteiger partial charge in [-0.2, -0.15) is 0 Å². The molecule has 1 aliphatic heterocycles. The van der Waals surface area contributed by atoms with Crippen LogP contribution in [0.2, 0.25) is 0 Å². The third kappa shape index (κ3) is 6.24. The maximum Gasteiger partial charge on any atom is 0.251 e. The van der Waals surface area contributed by atoms with Gasteiger partial charge in [0.2, 0.25) is 0 Å². The van der Waals surface area contributed by atoms with E-state index in [1.54, 1.807) is 24.3 Å². The molecule has 0 radical (unpaired) electrons. The van der Waals surface area contributed by atoms with Gasteiger partial charge in [0.15, 0.2) is 9.84 Å². The normalized spacial score (nSPS) is 22.3. The van der Waals surface area contributed by atoms with Crippen molar-refractivity contribution < 1.29 is 13.2 Å². The lowest BCUT2D eigenvalue weighted by Crippen LogP contribution is -2.42. The number of carbonyl (C=O) groups is 1. The zero-order chi connectivity index (χ0) is 17.7. The van der Waals surface area contributed by atoms with Gasteiger partial charge in [-0.05, 0) is 36.0 Å². The Bertz CT molecular complexity index is 663. The molecule has 1 saturated heterocycles. The van der Waals surface area contributed by atoms with Crippen LogP contribution in [0, 0.1) is 11.8 Å². The largest absolute Gasteiger partial charge is 0.351 e. The maximum atomic E-state index is 12.3. The molecule has 0 spiro atoms. The molecular weight excluding hydrogens is 324 g/mol. The molecule has 1 N–H and O–H groups in total. The number of hydrogen-bond donors (Lipinski definition) is 1. The zero-order valence-electron chi connectivity index (χ0n) is 14.8. The van der Waals surface area contributed by atoms with E-state index in [0.29, 0.717) is 29.5 Å². The van der Waals surface area contributed by atoms with Gasteiger partial charge in [-0.15, -0.1) is 0 Å². The van der Waals surface area contributed by atoms with Crippen molar-refractivity contribution in [1.29, 1.82) is 0 Å². The zero-order valence-corrected chi connectivity index (χ0v) is 15.6. The fourth-order valence-electron chi connectivity index (χ4n) is 3.51. The van der Waals surface area contributed by atoms with Crippen LogP contribution in [-0.4, -0.2) is 51.7 Å². The van der Waals surface area contributed by atoms with E-state index in [1.807, 2.05) is 0 Å². The number of hydrogen-bond acceptors (Lipinski definition) is 4. The molecule has 1 amide bonds. The third-order valence-corrected chi connectivity index (χ3v) is 5.13. The fraction of sp³-hybridized carbons (Fsp3) is 0.611. The lowest BCUT2D eigenvalue weighted by Gasteiger charge is -2.34. The van der Waals surface area contributed by atoms with Gasteiger partial charge in [0.1, 0.15) is 0 Å². The number of carbonyl (C=O) groups excluding carboxylic acids is 1. The van der Waals surface area contributed by atoms with Gasteiger partial charge in [-0.1, -0.05) is 26.0 Å². The second-order valence-corrected chi connectivity index (χ2v) is 9.37. The van der Waals surface area contributed by atoms with Crippen molar-refractivity contribution in [1.82, 2.24) is 10.2 Å². The van der Waals surface area contributed by atoms with E-state index in [-0.39, 0.29) is 11.7 Å². The van der Waals surface area contributed by atoms with Crippen LogP contribution in [0.15, 0.2) is 24.3 Å². The van der Waals surface area contributed by atoms with Gasteiger partial charge in [-0.3, -0.25) is 4.79 Å². The van der Waals surface area contributed by atoms with Gasteiger partial charge in [-0.25, -0.2) is 8.42 Å². The molecule has 0 saturated carbocycles. The monoisotopic (exact) mass is 352 g/mol. The molecule has 2 rings (SSSR count). The van der Waals surface area contributed by atoms with Crippen LogP contribution in [0.3, 0.4) is 0 Å². The van der Waals surface area contributed by atoms with Crippen LogP contribution in [0.5, 0.6) is 0 Å². The van der Waals surface area contributed by atoms with Crippen LogP contribution in [0.1, 0.15) is 36.2 Å². The van der Waals surface area contributed by atoms with Gasteiger partial charge in [0, 0.05) is 38.0 Å². The highest BCUT2D eigenvalue weighted by Crippen LogP contribution is 2.20. The molecule has 1 fully saturated rings. The topological polar surface area (TPSA) is 66.5 Å². The third-order valence-electron chi connectivity index (χ3n) is 4.28. The summed E-state index contributed by atoms with van der Waals surface area (Å²) in [6.45, 7) is 8.18. The molecule has 0 aliphatic carbocycles. The van der Waals surface area contributed by atoms with Crippen molar-refractivity contribution in [2.24, 2.45) is 11.8 Å². The number of nitrogens with zero attached hydrogens (tertiary/aromatic N) is 1. The number of rotatable bonds is 6. The quantitative estimate of drug-likeness (QED) is 0.850. The van der Waals surface area contributed by atoms with Crippen LogP contribution < -0.4 is 5.32 Å². The van der Waals surface area contributed by atoms with E-state index in [1.165, 1.54) is 12.7 Å². The van der Waals surface area contributed by atoms with Crippen LogP contribution in [-0.2, 0) is 15.6 Å². The Morgan fingerprint density at radius 2 is 1.92 bits per heavy atom. The Morgan fingerprint density at radius 3 is 2.54 bits per heavy atom. The molecule has 1 heterocycles. The molecule has 0 aromatic heterocycles. The Morgan fingerprint density at radius 1 is 1.25 bits per heavy atom. The lowest BCUT2D eigenvalue weighted by atomic mass is 9.92. The average molecular weight is 353 g/mol. The van der Waals surface area contributed by atoms with Crippen molar-refractivity contribution in [2.45, 2.75) is 26.0 Å². The van der Waals surface area contributed by atoms with E-state index in [9.17, 15) is 13.2 Å². The Kier molecular flexibility index (Phi) is 6.40. The number of benzene rings is 1. The molecule has 24 heavy (non-hydrogen) atoms. The molecule has 2 atom stereocenters. The molecule has 0 bridgehead atoms. The highest BCUT2D eigenvalue weighted by atomic mass is 32.2. The molecule has 1 aromatic rings. The average Bonchev–Trinajstić information content (AvgIpc) is 2.44. The summed E-state index contributed by atoms with van der Waals surface area (Å²) in [7, 11) is -3.10. The van der Waals surface area contributed by atoms with Gasteiger partial charge in [0.05, 0.1) is 5.75 Å². The van der Waals surface area contributed by atoms with E-state index in [2.05, 4.69) is 24.1 Å². The molecule has 6 heteroatoms. The van der Waals surface area contributed by atoms with Gasteiger partial charge < -0.3 is 10.2 Å². The van der Waals surface area contributed by atoms with Crippen LogP contribution in [0.25, 0.3) is 0 Å². The second kappa shape index (κ2) is 8.12. The molecule has 1 aliphatic rings. The summed E-state index contributed by atoms with van der Waals surface area (Å²) in [4.78, 5) is 14.7. The molecule has 134 valence electrons. The summed E-state index contributed by atoms with van der Waals surface area (Å²) >= 11 is 0. The SMILES string of the molecule is CC1CC(C)CN(CCNC(=O)c2cccc(CS(C)(=O)=O)c2)C1. The number of nitrogens with one attached hydrogen (secondary N) is 1. The molecule has 2 unspecified atom stereocenters. The van der Waals surface area contributed by atoms with Crippen molar-refractivity contribution >= 4 is 15.7 Å². The van der Waals surface area contributed by atoms with Crippen molar-refractivity contribution in [2.75, 3.05) is 32.4 Å². The number of piperidine rings is 1. The van der Waals surface area contributed by atoms with Gasteiger partial charge >= 0.3 is 0 Å². The number of amides is 1. The highest BCUT2D eigenvalue weighted by Gasteiger charge is 2.21. The Labute approximate surface area is 145 Å². The van der Waals surface area contributed by atoms with Crippen molar-refractivity contribution in [3.05, 3.63) is 35.4 Å². The minimum atomic E-state index is -3.10. The predicted molar refractivity (Wildman–Crippen MR) is 96.7 cm³/mol. The number of likely N-dealkylation sites (tertiary alicyclic amines) is 1. The fourth-order valence-corrected chi connectivity index (χ4v) is 4.29. The molecule has 5 nitrogen and oxygen atoms in total. The first kappa shape index (κ1) is 18.9. The smallest absolute Gasteiger partial charge is 0.251 e. The first-order valence-electron chi connectivity index (χ1n) is 8.50. The lowest BCUT2D eigenvalue weighted by molar-refractivity contribution is 0.0936. The Hall–Kier alpha value is -1.40. The first-order chi connectivity index (χ1) is 11.2. The van der Waals surface area contributed by atoms with Crippen molar-refractivity contribution in [3.8, 4) is 0 Å². The van der Waals surface area contributed by atoms with E-state index in [4.69, 9.17) is 0 Å². The summed E-state index contributed by atoms with van der Waals surface area (Å²) < 4.78 is 22.8. The van der Waals surface area contributed by atoms with E-state index >= 15 is 0 Å². The number of sulfone groups is 1. The minimum absolute atomic E-state index is 0.0440. The summed E-state index contributed by atoms with van der Waals surface area (Å²) in [5.41, 5.74) is 1.15. The summed E-state index contributed by atoms with van der Waals surface area (Å²) in [5, 5.41) is 2.94. The summed E-state index contributed by atoms with van der Waals surface area (Å²) in [6.07, 6.45) is 2.47. The standard InChI is InChI=1S/C18H28N2O3S/c1-14-9-15(2)12-20(11-14)8-7-19-18(21)17-6-4-5-16(10-17)13-24(3,22)23/h4-6,10,14-15H,7-9,11-13H2,1-3H3,(H,19,21). The van der Waals surface area contributed by atoms with E-state index in [0.717, 1.165) is 19.6 Å².